The van der Waals surface area contributed by atoms with Crippen molar-refractivity contribution in [2.75, 3.05) is 6.61 Å². The standard InChI is InChI=1S/C31H26BrN5O2S/c1-20(2)16-17-39-26-14-10-21(11-15-26)28-23(19-36(34-28)25-6-4-3-5-7-25)18-27-30(38)37-31(40-27)33-29(35-37)22-8-12-24(32)13-9-22/h3-15,18-20H,16-17H2,1-2H3. The van der Waals surface area contributed by atoms with E-state index in [0.29, 0.717) is 27.8 Å². The second kappa shape index (κ2) is 11.2. The molecular formula is C31H26BrN5O2S. The van der Waals surface area contributed by atoms with Gasteiger partial charge in [0.2, 0.25) is 4.96 Å². The SMILES string of the molecule is CC(C)CCOc1ccc(-c2nn(-c3ccccc3)cc2C=c2sc3nc(-c4ccc(Br)cc4)nn3c2=O)cc1. The molecule has 40 heavy (non-hydrogen) atoms. The molecule has 0 fully saturated rings. The number of thiazole rings is 1. The van der Waals surface area contributed by atoms with Crippen molar-refractivity contribution in [3.8, 4) is 34.1 Å². The molecule has 0 unspecified atom stereocenters. The lowest BCUT2D eigenvalue weighted by Gasteiger charge is -2.08. The van der Waals surface area contributed by atoms with Crippen molar-refractivity contribution in [1.82, 2.24) is 24.4 Å². The summed E-state index contributed by atoms with van der Waals surface area (Å²) >= 11 is 4.76. The molecule has 0 aliphatic rings. The zero-order chi connectivity index (χ0) is 27.6. The van der Waals surface area contributed by atoms with Crippen LogP contribution in [-0.2, 0) is 0 Å². The van der Waals surface area contributed by atoms with Crippen LogP contribution in [-0.4, -0.2) is 31.0 Å². The van der Waals surface area contributed by atoms with Gasteiger partial charge in [-0.05, 0) is 66.9 Å². The van der Waals surface area contributed by atoms with Crippen LogP contribution in [0.4, 0.5) is 0 Å². The van der Waals surface area contributed by atoms with Gasteiger partial charge >= 0.3 is 0 Å². The topological polar surface area (TPSA) is 74.3 Å². The van der Waals surface area contributed by atoms with E-state index in [1.54, 1.807) is 0 Å². The lowest BCUT2D eigenvalue weighted by molar-refractivity contribution is 0.289. The Hall–Kier alpha value is -4.08. The molecule has 0 saturated heterocycles. The zero-order valence-corrected chi connectivity index (χ0v) is 24.4. The fourth-order valence-corrected chi connectivity index (χ4v) is 5.41. The summed E-state index contributed by atoms with van der Waals surface area (Å²) in [7, 11) is 0. The van der Waals surface area contributed by atoms with Gasteiger partial charge in [0, 0.05) is 27.4 Å². The Bertz CT molecular complexity index is 1870. The maximum absolute atomic E-state index is 13.3. The van der Waals surface area contributed by atoms with E-state index in [9.17, 15) is 4.79 Å². The second-order valence-electron chi connectivity index (χ2n) is 9.82. The number of para-hydroxylation sites is 1. The van der Waals surface area contributed by atoms with Crippen LogP contribution in [0, 0.1) is 5.92 Å². The summed E-state index contributed by atoms with van der Waals surface area (Å²) in [4.78, 5) is 18.5. The molecule has 6 rings (SSSR count). The van der Waals surface area contributed by atoms with E-state index in [2.05, 4.69) is 39.9 Å². The molecule has 0 bridgehead atoms. The Morgan fingerprint density at radius 3 is 2.38 bits per heavy atom. The molecule has 3 heterocycles. The number of halogens is 1. The molecule has 0 spiro atoms. The van der Waals surface area contributed by atoms with Gasteiger partial charge in [0.1, 0.15) is 11.4 Å². The number of rotatable bonds is 8. The highest BCUT2D eigenvalue weighted by molar-refractivity contribution is 9.10. The van der Waals surface area contributed by atoms with Crippen molar-refractivity contribution < 1.29 is 4.74 Å². The molecule has 0 atom stereocenters. The molecule has 200 valence electrons. The van der Waals surface area contributed by atoms with Crippen molar-refractivity contribution in [2.24, 2.45) is 5.92 Å². The Kier molecular flexibility index (Phi) is 7.32. The van der Waals surface area contributed by atoms with E-state index in [0.717, 1.165) is 44.7 Å². The first-order valence-electron chi connectivity index (χ1n) is 13.0. The van der Waals surface area contributed by atoms with Crippen LogP contribution in [0.5, 0.6) is 5.75 Å². The van der Waals surface area contributed by atoms with Crippen molar-refractivity contribution in [3.63, 3.8) is 0 Å². The van der Waals surface area contributed by atoms with Crippen molar-refractivity contribution in [3.05, 3.63) is 110 Å². The van der Waals surface area contributed by atoms with E-state index in [4.69, 9.17) is 9.84 Å². The Balaban J connectivity index is 1.38. The van der Waals surface area contributed by atoms with Gasteiger partial charge in [-0.25, -0.2) is 4.68 Å². The van der Waals surface area contributed by atoms with Crippen LogP contribution in [0.25, 0.3) is 39.4 Å². The number of ether oxygens (including phenoxy) is 1. The average Bonchev–Trinajstić information content (AvgIpc) is 3.65. The van der Waals surface area contributed by atoms with Gasteiger partial charge in [-0.15, -0.1) is 5.10 Å². The number of fused-ring (bicyclic) bond motifs is 1. The number of nitrogens with zero attached hydrogens (tertiary/aromatic N) is 5. The lowest BCUT2D eigenvalue weighted by Crippen LogP contribution is -2.23. The third kappa shape index (κ3) is 5.48. The maximum atomic E-state index is 13.3. The minimum absolute atomic E-state index is 0.205. The molecule has 0 amide bonds. The molecule has 3 aromatic carbocycles. The predicted molar refractivity (Wildman–Crippen MR) is 163 cm³/mol. The van der Waals surface area contributed by atoms with Crippen LogP contribution in [0.15, 0.2) is 94.3 Å². The predicted octanol–water partition coefficient (Wildman–Crippen LogP) is 6.41. The number of aromatic nitrogens is 5. The quantitative estimate of drug-likeness (QED) is 0.199. The number of benzene rings is 3. The molecule has 6 aromatic rings. The molecule has 0 saturated carbocycles. The van der Waals surface area contributed by atoms with E-state index in [-0.39, 0.29) is 5.56 Å². The molecule has 3 aromatic heterocycles. The number of hydrogen-bond donors (Lipinski definition) is 0. The normalized spacial score (nSPS) is 12.1. The summed E-state index contributed by atoms with van der Waals surface area (Å²) < 4.78 is 10.6. The smallest absolute Gasteiger partial charge is 0.291 e. The van der Waals surface area contributed by atoms with Crippen molar-refractivity contribution in [2.45, 2.75) is 20.3 Å². The highest BCUT2D eigenvalue weighted by Crippen LogP contribution is 2.27. The molecular weight excluding hydrogens is 586 g/mol. The highest BCUT2D eigenvalue weighted by atomic mass is 79.9. The lowest BCUT2D eigenvalue weighted by atomic mass is 10.1. The fourth-order valence-electron chi connectivity index (χ4n) is 4.25. The Labute approximate surface area is 243 Å². The van der Waals surface area contributed by atoms with Gasteiger partial charge < -0.3 is 4.74 Å². The number of hydrogen-bond acceptors (Lipinski definition) is 6. The van der Waals surface area contributed by atoms with E-state index < -0.39 is 0 Å². The average molecular weight is 613 g/mol. The van der Waals surface area contributed by atoms with E-state index in [1.807, 2.05) is 95.8 Å². The van der Waals surface area contributed by atoms with Crippen LogP contribution < -0.4 is 14.8 Å². The first kappa shape index (κ1) is 26.2. The minimum Gasteiger partial charge on any atom is -0.494 e. The third-order valence-electron chi connectivity index (χ3n) is 6.43. The molecule has 7 nitrogen and oxygen atoms in total. The van der Waals surface area contributed by atoms with Crippen LogP contribution in [0.1, 0.15) is 25.8 Å². The van der Waals surface area contributed by atoms with Gasteiger partial charge in [-0.2, -0.15) is 14.6 Å². The zero-order valence-electron chi connectivity index (χ0n) is 22.0. The second-order valence-corrected chi connectivity index (χ2v) is 11.7. The van der Waals surface area contributed by atoms with Crippen molar-refractivity contribution in [1.29, 1.82) is 0 Å². The molecule has 9 heteroatoms. The first-order chi connectivity index (χ1) is 19.4. The largest absolute Gasteiger partial charge is 0.494 e. The van der Waals surface area contributed by atoms with Crippen LogP contribution in [0.3, 0.4) is 0 Å². The van der Waals surface area contributed by atoms with Crippen LogP contribution in [0.2, 0.25) is 0 Å². The first-order valence-corrected chi connectivity index (χ1v) is 14.6. The van der Waals surface area contributed by atoms with Gasteiger partial charge in [-0.1, -0.05) is 71.4 Å². The van der Waals surface area contributed by atoms with Gasteiger partial charge in [-0.3, -0.25) is 4.79 Å². The monoisotopic (exact) mass is 611 g/mol. The summed E-state index contributed by atoms with van der Waals surface area (Å²) in [5.41, 5.74) is 4.11. The molecule has 0 aliphatic carbocycles. The molecule has 0 radical (unpaired) electrons. The molecule has 0 N–H and O–H groups in total. The van der Waals surface area contributed by atoms with Gasteiger partial charge in [0.15, 0.2) is 5.82 Å². The van der Waals surface area contributed by atoms with Gasteiger partial charge in [0.25, 0.3) is 5.56 Å². The van der Waals surface area contributed by atoms with Crippen LogP contribution >= 0.6 is 27.3 Å². The Morgan fingerprint density at radius 1 is 0.950 bits per heavy atom. The van der Waals surface area contributed by atoms with E-state index in [1.165, 1.54) is 15.9 Å². The summed E-state index contributed by atoms with van der Waals surface area (Å²) in [6.07, 6.45) is 4.82. The third-order valence-corrected chi connectivity index (χ3v) is 7.91. The summed E-state index contributed by atoms with van der Waals surface area (Å²) in [5, 5.41) is 9.39. The molecule has 0 aliphatic heterocycles. The summed E-state index contributed by atoms with van der Waals surface area (Å²) in [6.45, 7) is 5.05. The summed E-state index contributed by atoms with van der Waals surface area (Å²) in [6, 6.07) is 25.6. The Morgan fingerprint density at radius 2 is 1.68 bits per heavy atom. The summed E-state index contributed by atoms with van der Waals surface area (Å²) in [5.74, 6) is 1.94. The maximum Gasteiger partial charge on any atom is 0.291 e. The van der Waals surface area contributed by atoms with Crippen molar-refractivity contribution >= 4 is 38.3 Å². The van der Waals surface area contributed by atoms with E-state index >= 15 is 0 Å². The fraction of sp³-hybridized carbons (Fsp3) is 0.161. The highest BCUT2D eigenvalue weighted by Gasteiger charge is 2.15. The minimum atomic E-state index is -0.205. The van der Waals surface area contributed by atoms with Gasteiger partial charge in [0.05, 0.1) is 16.8 Å².